The largest absolute Gasteiger partial charge is 0.496 e. The molecule has 0 bridgehead atoms. The summed E-state index contributed by atoms with van der Waals surface area (Å²) in [6, 6.07) is 8.26. The van der Waals surface area contributed by atoms with Crippen LogP contribution in [-0.4, -0.2) is 19.8 Å². The van der Waals surface area contributed by atoms with Crippen molar-refractivity contribution in [3.8, 4) is 5.75 Å². The molecule has 2 heteroatoms. The monoisotopic (exact) mass is 206 g/mol. The van der Waals surface area contributed by atoms with E-state index in [-0.39, 0.29) is 0 Å². The maximum absolute atomic E-state index is 5.31. The van der Waals surface area contributed by atoms with Gasteiger partial charge in [-0.15, -0.1) is 0 Å². The molecule has 0 amide bonds. The van der Waals surface area contributed by atoms with Gasteiger partial charge < -0.3 is 9.47 Å². The third-order valence-corrected chi connectivity index (χ3v) is 2.82. The molecule has 1 fully saturated rings. The molecule has 1 aliphatic heterocycles. The van der Waals surface area contributed by atoms with E-state index in [4.69, 9.17) is 9.47 Å². The fraction of sp³-hybridized carbons (Fsp3) is 0.538. The number of para-hydroxylation sites is 1. The van der Waals surface area contributed by atoms with Crippen molar-refractivity contribution in [2.24, 2.45) is 0 Å². The Balaban J connectivity index is 1.75. The second-order valence-corrected chi connectivity index (χ2v) is 4.01. The van der Waals surface area contributed by atoms with Crippen molar-refractivity contribution in [2.75, 3.05) is 13.7 Å². The minimum Gasteiger partial charge on any atom is -0.496 e. The van der Waals surface area contributed by atoms with Crippen LogP contribution in [0.4, 0.5) is 0 Å². The lowest BCUT2D eigenvalue weighted by Crippen LogP contribution is -1.93. The molecule has 1 aromatic carbocycles. The van der Waals surface area contributed by atoms with Crippen LogP contribution in [0.1, 0.15) is 24.8 Å². The Labute approximate surface area is 91.2 Å². The molecule has 1 saturated heterocycles. The van der Waals surface area contributed by atoms with Gasteiger partial charge in [-0.1, -0.05) is 24.6 Å². The van der Waals surface area contributed by atoms with Gasteiger partial charge in [0.25, 0.3) is 0 Å². The first kappa shape index (κ1) is 10.5. The third-order valence-electron chi connectivity index (χ3n) is 2.82. The third kappa shape index (κ3) is 3.24. The highest BCUT2D eigenvalue weighted by atomic mass is 16.6. The van der Waals surface area contributed by atoms with Gasteiger partial charge in [0.15, 0.2) is 0 Å². The van der Waals surface area contributed by atoms with Crippen LogP contribution in [0, 0.1) is 0 Å². The molecule has 15 heavy (non-hydrogen) atoms. The zero-order valence-electron chi connectivity index (χ0n) is 9.24. The highest BCUT2D eigenvalue weighted by Crippen LogP contribution is 2.21. The summed E-state index contributed by atoms with van der Waals surface area (Å²) in [5.74, 6) is 1.01. The molecule has 0 radical (unpaired) electrons. The summed E-state index contributed by atoms with van der Waals surface area (Å²) in [7, 11) is 1.73. The molecule has 0 N–H and O–H groups in total. The van der Waals surface area contributed by atoms with E-state index >= 15 is 0 Å². The average molecular weight is 206 g/mol. The Bertz CT molecular complexity index is 305. The standard InChI is InChI=1S/C13H18O2/c1-14-13-9-5-3-7-11(13)6-2-4-8-12-10-15-12/h3,5,7,9,12H,2,4,6,8,10H2,1H3/t12-/m0/s1. The number of benzene rings is 1. The number of rotatable bonds is 6. The fourth-order valence-corrected chi connectivity index (χ4v) is 1.83. The summed E-state index contributed by atoms with van der Waals surface area (Å²) in [5, 5.41) is 0. The number of epoxide rings is 1. The predicted octanol–water partition coefficient (Wildman–Crippen LogP) is 2.81. The molecule has 82 valence electrons. The van der Waals surface area contributed by atoms with Gasteiger partial charge in [-0.25, -0.2) is 0 Å². The SMILES string of the molecule is COc1ccccc1CCCC[C@H]1CO1. The summed E-state index contributed by atoms with van der Waals surface area (Å²) in [5.41, 5.74) is 1.32. The van der Waals surface area contributed by atoms with E-state index in [1.807, 2.05) is 12.1 Å². The maximum Gasteiger partial charge on any atom is 0.122 e. The van der Waals surface area contributed by atoms with Crippen molar-refractivity contribution in [3.63, 3.8) is 0 Å². The number of hydrogen-bond acceptors (Lipinski definition) is 2. The number of unbranched alkanes of at least 4 members (excludes halogenated alkanes) is 1. The molecule has 1 atom stereocenters. The van der Waals surface area contributed by atoms with Crippen LogP contribution in [0.25, 0.3) is 0 Å². The maximum atomic E-state index is 5.31. The van der Waals surface area contributed by atoms with Crippen molar-refractivity contribution >= 4 is 0 Å². The first-order valence-electron chi connectivity index (χ1n) is 5.63. The summed E-state index contributed by atoms with van der Waals surface area (Å²) < 4.78 is 10.5. The smallest absolute Gasteiger partial charge is 0.122 e. The van der Waals surface area contributed by atoms with Crippen LogP contribution in [-0.2, 0) is 11.2 Å². The van der Waals surface area contributed by atoms with Crippen molar-refractivity contribution in [3.05, 3.63) is 29.8 Å². The molecule has 1 heterocycles. The lowest BCUT2D eigenvalue weighted by atomic mass is 10.1. The predicted molar refractivity (Wildman–Crippen MR) is 60.3 cm³/mol. The first-order chi connectivity index (χ1) is 7.40. The number of hydrogen-bond donors (Lipinski definition) is 0. The van der Waals surface area contributed by atoms with Gasteiger partial charge in [0.1, 0.15) is 5.75 Å². The lowest BCUT2D eigenvalue weighted by Gasteiger charge is -2.07. The minimum atomic E-state index is 0.572. The second-order valence-electron chi connectivity index (χ2n) is 4.01. The van der Waals surface area contributed by atoms with Gasteiger partial charge in [-0.2, -0.15) is 0 Å². The Kier molecular flexibility index (Phi) is 3.62. The highest BCUT2D eigenvalue weighted by Gasteiger charge is 2.20. The normalized spacial score (nSPS) is 18.9. The number of ether oxygens (including phenoxy) is 2. The van der Waals surface area contributed by atoms with E-state index in [0.717, 1.165) is 18.8 Å². The quantitative estimate of drug-likeness (QED) is 0.527. The summed E-state index contributed by atoms with van der Waals surface area (Å²) in [6.45, 7) is 0.981. The molecule has 0 saturated carbocycles. The van der Waals surface area contributed by atoms with Crippen molar-refractivity contribution in [1.82, 2.24) is 0 Å². The van der Waals surface area contributed by atoms with E-state index in [9.17, 15) is 0 Å². The Morgan fingerprint density at radius 3 is 2.87 bits per heavy atom. The zero-order valence-corrected chi connectivity index (χ0v) is 9.24. The van der Waals surface area contributed by atoms with Crippen molar-refractivity contribution < 1.29 is 9.47 Å². The molecule has 0 unspecified atom stereocenters. The van der Waals surface area contributed by atoms with Gasteiger partial charge >= 0.3 is 0 Å². The van der Waals surface area contributed by atoms with Gasteiger partial charge in [0.2, 0.25) is 0 Å². The van der Waals surface area contributed by atoms with E-state index in [0.29, 0.717) is 6.10 Å². The molecular weight excluding hydrogens is 188 g/mol. The molecule has 1 aliphatic rings. The topological polar surface area (TPSA) is 21.8 Å². The van der Waals surface area contributed by atoms with Crippen LogP contribution in [0.5, 0.6) is 5.75 Å². The average Bonchev–Trinajstić information content (AvgIpc) is 3.09. The summed E-state index contributed by atoms with van der Waals surface area (Å²) >= 11 is 0. The van der Waals surface area contributed by atoms with Gasteiger partial charge in [-0.3, -0.25) is 0 Å². The van der Waals surface area contributed by atoms with E-state index < -0.39 is 0 Å². The molecule has 0 spiro atoms. The highest BCUT2D eigenvalue weighted by molar-refractivity contribution is 5.33. The van der Waals surface area contributed by atoms with Crippen molar-refractivity contribution in [1.29, 1.82) is 0 Å². The van der Waals surface area contributed by atoms with Crippen LogP contribution in [0.3, 0.4) is 0 Å². The summed E-state index contributed by atoms with van der Waals surface area (Å²) in [4.78, 5) is 0. The van der Waals surface area contributed by atoms with Gasteiger partial charge in [0, 0.05) is 0 Å². The lowest BCUT2D eigenvalue weighted by molar-refractivity contribution is 0.388. The molecule has 0 aromatic heterocycles. The van der Waals surface area contributed by atoms with E-state index in [2.05, 4.69) is 12.1 Å². The Morgan fingerprint density at radius 1 is 1.33 bits per heavy atom. The van der Waals surface area contributed by atoms with E-state index in [1.54, 1.807) is 7.11 Å². The van der Waals surface area contributed by atoms with Crippen LogP contribution < -0.4 is 4.74 Å². The molecule has 2 nitrogen and oxygen atoms in total. The first-order valence-corrected chi connectivity index (χ1v) is 5.63. The number of aryl methyl sites for hydroxylation is 1. The fourth-order valence-electron chi connectivity index (χ4n) is 1.83. The Hall–Kier alpha value is -1.02. The zero-order chi connectivity index (χ0) is 10.5. The van der Waals surface area contributed by atoms with Gasteiger partial charge in [0.05, 0.1) is 19.8 Å². The second kappa shape index (κ2) is 5.17. The molecular formula is C13H18O2. The summed E-state index contributed by atoms with van der Waals surface area (Å²) in [6.07, 6.45) is 5.37. The van der Waals surface area contributed by atoms with Gasteiger partial charge in [-0.05, 0) is 30.9 Å². The Morgan fingerprint density at radius 2 is 2.13 bits per heavy atom. The minimum absolute atomic E-state index is 0.572. The molecule has 2 rings (SSSR count). The number of methoxy groups -OCH3 is 1. The van der Waals surface area contributed by atoms with Crippen molar-refractivity contribution in [2.45, 2.75) is 31.8 Å². The van der Waals surface area contributed by atoms with Crippen LogP contribution in [0.2, 0.25) is 0 Å². The molecule has 1 aromatic rings. The van der Waals surface area contributed by atoms with E-state index in [1.165, 1.54) is 24.8 Å². The molecule has 0 aliphatic carbocycles. The van der Waals surface area contributed by atoms with Crippen LogP contribution >= 0.6 is 0 Å². The van der Waals surface area contributed by atoms with Crippen LogP contribution in [0.15, 0.2) is 24.3 Å².